The van der Waals surface area contributed by atoms with Crippen LogP contribution >= 0.6 is 0 Å². The monoisotopic (exact) mass is 242 g/mol. The summed E-state index contributed by atoms with van der Waals surface area (Å²) < 4.78 is 0. The number of carboxylic acid groups (broad SMARTS) is 1. The summed E-state index contributed by atoms with van der Waals surface area (Å²) in [6, 6.07) is 10.2. The molecule has 0 fully saturated rings. The fourth-order valence-electron chi connectivity index (χ4n) is 1.95. The van der Waals surface area contributed by atoms with Crippen LogP contribution in [0, 0.1) is 13.8 Å². The molecule has 18 heavy (non-hydrogen) atoms. The van der Waals surface area contributed by atoms with Crippen molar-refractivity contribution in [1.82, 2.24) is 0 Å². The summed E-state index contributed by atoms with van der Waals surface area (Å²) >= 11 is 0. The number of benzene rings is 2. The van der Waals surface area contributed by atoms with Gasteiger partial charge in [-0.2, -0.15) is 0 Å². The van der Waals surface area contributed by atoms with E-state index in [1.54, 1.807) is 12.1 Å². The average Bonchev–Trinajstić information content (AvgIpc) is 2.31. The lowest BCUT2D eigenvalue weighted by atomic mass is 9.96. The van der Waals surface area contributed by atoms with Gasteiger partial charge in [-0.15, -0.1) is 0 Å². The van der Waals surface area contributed by atoms with Gasteiger partial charge >= 0.3 is 5.97 Å². The highest BCUT2D eigenvalue weighted by Gasteiger charge is 2.10. The van der Waals surface area contributed by atoms with E-state index in [0.717, 1.165) is 16.7 Å². The van der Waals surface area contributed by atoms with Crippen LogP contribution in [0.2, 0.25) is 0 Å². The third-order valence-electron chi connectivity index (χ3n) is 3.08. The molecule has 0 amide bonds. The number of carbonyl (C=O) groups is 1. The van der Waals surface area contributed by atoms with E-state index in [-0.39, 0.29) is 11.3 Å². The molecule has 92 valence electrons. The van der Waals surface area contributed by atoms with Crippen LogP contribution in [-0.2, 0) is 0 Å². The normalized spacial score (nSPS) is 10.3. The molecule has 2 rings (SSSR count). The number of carboxylic acids is 1. The summed E-state index contributed by atoms with van der Waals surface area (Å²) in [4.78, 5) is 11.0. The van der Waals surface area contributed by atoms with Gasteiger partial charge in [0.25, 0.3) is 0 Å². The van der Waals surface area contributed by atoms with Crippen molar-refractivity contribution in [1.29, 1.82) is 0 Å². The van der Waals surface area contributed by atoms with Crippen LogP contribution in [0.5, 0.6) is 5.75 Å². The van der Waals surface area contributed by atoms with Gasteiger partial charge in [-0.3, -0.25) is 0 Å². The van der Waals surface area contributed by atoms with Crippen molar-refractivity contribution in [2.45, 2.75) is 13.8 Å². The van der Waals surface area contributed by atoms with Crippen LogP contribution in [0.4, 0.5) is 0 Å². The van der Waals surface area contributed by atoms with Crippen molar-refractivity contribution in [3.63, 3.8) is 0 Å². The predicted octanol–water partition coefficient (Wildman–Crippen LogP) is 3.37. The smallest absolute Gasteiger partial charge is 0.335 e. The SMILES string of the molecule is Cc1cccc(-c2cc(O)cc(C(=O)O)c2)c1C. The number of hydrogen-bond acceptors (Lipinski definition) is 2. The molecule has 0 bridgehead atoms. The van der Waals surface area contributed by atoms with E-state index in [4.69, 9.17) is 5.11 Å². The van der Waals surface area contributed by atoms with Crippen molar-refractivity contribution in [3.05, 3.63) is 53.1 Å². The van der Waals surface area contributed by atoms with Crippen molar-refractivity contribution in [3.8, 4) is 16.9 Å². The van der Waals surface area contributed by atoms with Gasteiger partial charge in [-0.1, -0.05) is 18.2 Å². The number of hydrogen-bond donors (Lipinski definition) is 2. The standard InChI is InChI=1S/C15H14O3/c1-9-4-3-5-14(10(9)2)11-6-12(15(17)18)8-13(16)7-11/h3-8,16H,1-2H3,(H,17,18). The molecule has 2 aromatic rings. The van der Waals surface area contributed by atoms with Crippen LogP contribution in [0.1, 0.15) is 21.5 Å². The van der Waals surface area contributed by atoms with Crippen LogP contribution in [-0.4, -0.2) is 16.2 Å². The fourth-order valence-corrected chi connectivity index (χ4v) is 1.95. The largest absolute Gasteiger partial charge is 0.508 e. The Morgan fingerprint density at radius 3 is 2.50 bits per heavy atom. The first-order valence-electron chi connectivity index (χ1n) is 5.63. The molecule has 0 aliphatic heterocycles. The average molecular weight is 242 g/mol. The van der Waals surface area contributed by atoms with Gasteiger partial charge in [-0.05, 0) is 54.3 Å². The number of phenolic OH excluding ortho intramolecular Hbond substituents is 1. The van der Waals surface area contributed by atoms with Gasteiger partial charge in [0.05, 0.1) is 5.56 Å². The molecule has 0 aliphatic carbocycles. The molecule has 0 heterocycles. The van der Waals surface area contributed by atoms with E-state index in [2.05, 4.69) is 0 Å². The van der Waals surface area contributed by atoms with E-state index < -0.39 is 5.97 Å². The summed E-state index contributed by atoms with van der Waals surface area (Å²) in [6.07, 6.45) is 0. The van der Waals surface area contributed by atoms with Crippen molar-refractivity contribution < 1.29 is 15.0 Å². The maximum atomic E-state index is 11.0. The Kier molecular flexibility index (Phi) is 3.06. The van der Waals surface area contributed by atoms with E-state index >= 15 is 0 Å². The lowest BCUT2D eigenvalue weighted by molar-refractivity contribution is 0.0696. The van der Waals surface area contributed by atoms with Gasteiger partial charge in [0.2, 0.25) is 0 Å². The molecule has 0 aliphatic rings. The summed E-state index contributed by atoms with van der Waals surface area (Å²) in [7, 11) is 0. The van der Waals surface area contributed by atoms with Crippen molar-refractivity contribution in [2.75, 3.05) is 0 Å². The van der Waals surface area contributed by atoms with Crippen LogP contribution < -0.4 is 0 Å². The summed E-state index contributed by atoms with van der Waals surface area (Å²) in [5.41, 5.74) is 3.96. The van der Waals surface area contributed by atoms with Gasteiger partial charge in [0.1, 0.15) is 5.75 Å². The highest BCUT2D eigenvalue weighted by molar-refractivity contribution is 5.90. The Hall–Kier alpha value is -2.29. The quantitative estimate of drug-likeness (QED) is 0.848. The molecule has 3 heteroatoms. The topological polar surface area (TPSA) is 57.5 Å². The van der Waals surface area contributed by atoms with Gasteiger partial charge < -0.3 is 10.2 Å². The second kappa shape index (κ2) is 4.53. The highest BCUT2D eigenvalue weighted by Crippen LogP contribution is 2.29. The summed E-state index contributed by atoms with van der Waals surface area (Å²) in [6.45, 7) is 3.98. The molecule has 0 saturated carbocycles. The third-order valence-corrected chi connectivity index (χ3v) is 3.08. The Balaban J connectivity index is 2.64. The zero-order valence-electron chi connectivity index (χ0n) is 10.3. The molecular weight excluding hydrogens is 228 g/mol. The first-order valence-corrected chi connectivity index (χ1v) is 5.63. The molecule has 0 unspecified atom stereocenters. The minimum atomic E-state index is -1.04. The summed E-state index contributed by atoms with van der Waals surface area (Å²) in [5, 5.41) is 18.6. The molecule has 0 spiro atoms. The fraction of sp³-hybridized carbons (Fsp3) is 0.133. The highest BCUT2D eigenvalue weighted by atomic mass is 16.4. The van der Waals surface area contributed by atoms with E-state index in [1.807, 2.05) is 32.0 Å². The molecule has 0 saturated heterocycles. The van der Waals surface area contributed by atoms with Crippen LogP contribution in [0.25, 0.3) is 11.1 Å². The number of rotatable bonds is 2. The van der Waals surface area contributed by atoms with Crippen molar-refractivity contribution >= 4 is 5.97 Å². The zero-order chi connectivity index (χ0) is 13.3. The molecule has 0 atom stereocenters. The number of phenols is 1. The Bertz CT molecular complexity index is 615. The van der Waals surface area contributed by atoms with Gasteiger partial charge in [-0.25, -0.2) is 4.79 Å². The first-order chi connectivity index (χ1) is 8.49. The predicted molar refractivity (Wildman–Crippen MR) is 70.0 cm³/mol. The Labute approximate surface area is 105 Å². The first kappa shape index (κ1) is 12.2. The summed E-state index contributed by atoms with van der Waals surface area (Å²) in [5.74, 6) is -1.08. The second-order valence-electron chi connectivity index (χ2n) is 4.32. The minimum absolute atomic E-state index is 0.0363. The Morgan fingerprint density at radius 1 is 1.11 bits per heavy atom. The number of aryl methyl sites for hydroxylation is 1. The molecule has 2 aromatic carbocycles. The zero-order valence-corrected chi connectivity index (χ0v) is 10.3. The van der Waals surface area contributed by atoms with Crippen LogP contribution in [0.15, 0.2) is 36.4 Å². The molecule has 3 nitrogen and oxygen atoms in total. The van der Waals surface area contributed by atoms with Gasteiger partial charge in [0, 0.05) is 0 Å². The lowest BCUT2D eigenvalue weighted by Gasteiger charge is -2.10. The second-order valence-corrected chi connectivity index (χ2v) is 4.32. The molecular formula is C15H14O3. The lowest BCUT2D eigenvalue weighted by Crippen LogP contribution is -1.97. The number of aromatic hydroxyl groups is 1. The van der Waals surface area contributed by atoms with Crippen LogP contribution in [0.3, 0.4) is 0 Å². The minimum Gasteiger partial charge on any atom is -0.508 e. The molecule has 0 radical (unpaired) electrons. The Morgan fingerprint density at radius 2 is 1.83 bits per heavy atom. The molecule has 0 aromatic heterocycles. The number of aromatic carboxylic acids is 1. The van der Waals surface area contributed by atoms with Gasteiger partial charge in [0.15, 0.2) is 0 Å². The van der Waals surface area contributed by atoms with E-state index in [1.165, 1.54) is 6.07 Å². The van der Waals surface area contributed by atoms with Crippen molar-refractivity contribution in [2.24, 2.45) is 0 Å². The maximum absolute atomic E-state index is 11.0. The van der Waals surface area contributed by atoms with E-state index in [9.17, 15) is 9.90 Å². The third kappa shape index (κ3) is 2.20. The van der Waals surface area contributed by atoms with E-state index in [0.29, 0.717) is 5.56 Å². The maximum Gasteiger partial charge on any atom is 0.335 e. The molecule has 2 N–H and O–H groups in total.